The molecule has 0 bridgehead atoms. The number of halogens is 1. The fourth-order valence-corrected chi connectivity index (χ4v) is 4.48. The number of piperidine rings is 1. The van der Waals surface area contributed by atoms with Crippen LogP contribution in [-0.2, 0) is 9.53 Å². The third-order valence-corrected chi connectivity index (χ3v) is 6.37. The van der Waals surface area contributed by atoms with Crippen molar-refractivity contribution < 1.29 is 14.3 Å². The minimum atomic E-state index is -0.663. The molecule has 0 spiro atoms. The van der Waals surface area contributed by atoms with Crippen LogP contribution in [0.2, 0.25) is 0 Å². The van der Waals surface area contributed by atoms with E-state index < -0.39 is 6.09 Å². The van der Waals surface area contributed by atoms with Crippen LogP contribution < -0.4 is 14.8 Å². The molecule has 1 heterocycles. The van der Waals surface area contributed by atoms with Gasteiger partial charge in [-0.15, -0.1) is 0 Å². The summed E-state index contributed by atoms with van der Waals surface area (Å²) in [5, 5.41) is 0. The summed E-state index contributed by atoms with van der Waals surface area (Å²) >= 11 is 1.83. The molecule has 0 saturated carbocycles. The zero-order chi connectivity index (χ0) is 20.0. The average molecular weight is 482 g/mol. The van der Waals surface area contributed by atoms with E-state index in [0.29, 0.717) is 12.3 Å². The first-order chi connectivity index (χ1) is 12.0. The van der Waals surface area contributed by atoms with Gasteiger partial charge in [-0.3, -0.25) is 18.7 Å². The first-order valence-corrected chi connectivity index (χ1v) is 10.4. The molecule has 0 radical (unpaired) electrons. The predicted octanol–water partition coefficient (Wildman–Crippen LogP) is 3.13. The summed E-state index contributed by atoms with van der Waals surface area (Å²) < 4.78 is 7.67. The molecule has 0 aromatic carbocycles. The maximum absolute atomic E-state index is 11.7. The molecule has 1 rings (SSSR count). The van der Waals surface area contributed by atoms with Crippen LogP contribution in [0.4, 0.5) is 4.79 Å². The van der Waals surface area contributed by atoms with Crippen LogP contribution in [0.5, 0.6) is 0 Å². The summed E-state index contributed by atoms with van der Waals surface area (Å²) in [6.45, 7) is 9.46. The zero-order valence-corrected chi connectivity index (χ0v) is 18.9. The van der Waals surface area contributed by atoms with E-state index in [4.69, 9.17) is 10.6 Å². The maximum atomic E-state index is 11.7. The Labute approximate surface area is 171 Å². The molecule has 2 amide bonds. The molecule has 0 aromatic rings. The lowest BCUT2D eigenvalue weighted by atomic mass is 9.72. The van der Waals surface area contributed by atoms with Gasteiger partial charge in [-0.1, -0.05) is 12.8 Å². The van der Waals surface area contributed by atoms with Crippen molar-refractivity contribution in [2.24, 2.45) is 17.7 Å². The highest BCUT2D eigenvalue weighted by Gasteiger charge is 2.42. The fraction of sp³-hybridized carbons (Fsp3) is 0.889. The number of nitrogens with one attached hydrogen (secondary N) is 2. The molecule has 7 nitrogen and oxygen atoms in total. The van der Waals surface area contributed by atoms with Crippen molar-refractivity contribution in [1.82, 2.24) is 13.9 Å². The second kappa shape index (κ2) is 10.1. The van der Waals surface area contributed by atoms with E-state index in [0.717, 1.165) is 19.3 Å². The van der Waals surface area contributed by atoms with Crippen LogP contribution in [-0.4, -0.2) is 41.6 Å². The Morgan fingerprint density at radius 3 is 2.35 bits per heavy atom. The van der Waals surface area contributed by atoms with Crippen molar-refractivity contribution in [3.8, 4) is 0 Å². The van der Waals surface area contributed by atoms with Crippen LogP contribution >= 0.6 is 22.9 Å². The van der Waals surface area contributed by atoms with Crippen molar-refractivity contribution >= 4 is 34.9 Å². The van der Waals surface area contributed by atoms with Crippen molar-refractivity contribution in [3.63, 3.8) is 0 Å². The molecule has 4 N–H and O–H groups in total. The smallest absolute Gasteiger partial charge is 0.421 e. The van der Waals surface area contributed by atoms with Crippen LogP contribution in [0.25, 0.3) is 0 Å². The molecule has 1 atom stereocenters. The largest absolute Gasteiger partial charge is 0.448 e. The summed E-state index contributed by atoms with van der Waals surface area (Å²) in [4.78, 5) is 25.4. The number of ether oxygens (including phenoxy) is 1. The molecule has 0 aromatic heterocycles. The van der Waals surface area contributed by atoms with Gasteiger partial charge in [-0.25, -0.2) is 10.6 Å². The van der Waals surface area contributed by atoms with Gasteiger partial charge in [0.1, 0.15) is 0 Å². The molecule has 26 heavy (non-hydrogen) atoms. The monoisotopic (exact) mass is 482 g/mol. The van der Waals surface area contributed by atoms with Crippen LogP contribution in [0.1, 0.15) is 66.2 Å². The molecule has 1 fully saturated rings. The third kappa shape index (κ3) is 7.19. The van der Waals surface area contributed by atoms with Crippen LogP contribution in [0, 0.1) is 11.8 Å². The van der Waals surface area contributed by atoms with E-state index in [9.17, 15) is 9.59 Å². The Morgan fingerprint density at radius 2 is 1.85 bits per heavy atom. The van der Waals surface area contributed by atoms with E-state index in [-0.39, 0.29) is 29.5 Å². The standard InChI is InChI=1S/C18H35IN4O3/c1-17(2)10-14(11-18(3,4)23(17)5)8-6-7-13(9-15(24)21-19)12-26-16(25)22-20/h13-14H,6-12,20H2,1-5H3,(H,21,24)(H,22,25). The summed E-state index contributed by atoms with van der Waals surface area (Å²) in [5.74, 6) is 5.67. The number of nitrogens with two attached hydrogens (primary N) is 1. The first kappa shape index (κ1) is 23.4. The van der Waals surface area contributed by atoms with Crippen molar-refractivity contribution in [3.05, 3.63) is 0 Å². The Bertz CT molecular complexity index is 467. The number of amides is 2. The fourth-order valence-electron chi connectivity index (χ4n) is 4.26. The second-order valence-electron chi connectivity index (χ2n) is 8.72. The number of carbonyl (C=O) groups is 2. The van der Waals surface area contributed by atoms with E-state index in [1.54, 1.807) is 0 Å². The molecule has 8 heteroatoms. The van der Waals surface area contributed by atoms with Crippen molar-refractivity contribution in [1.29, 1.82) is 0 Å². The Balaban J connectivity index is 2.54. The summed E-state index contributed by atoms with van der Waals surface area (Å²) in [6.07, 6.45) is 5.05. The van der Waals surface area contributed by atoms with E-state index >= 15 is 0 Å². The Morgan fingerprint density at radius 1 is 1.27 bits per heavy atom. The van der Waals surface area contributed by atoms with Gasteiger partial charge in [0, 0.05) is 23.4 Å². The van der Waals surface area contributed by atoms with Gasteiger partial charge in [0.2, 0.25) is 5.91 Å². The van der Waals surface area contributed by atoms with Gasteiger partial charge >= 0.3 is 6.09 Å². The Hall–Kier alpha value is -0.610. The molecular weight excluding hydrogens is 447 g/mol. The highest BCUT2D eigenvalue weighted by atomic mass is 127. The topological polar surface area (TPSA) is 96.7 Å². The minimum absolute atomic E-state index is 0.00866. The van der Waals surface area contributed by atoms with E-state index in [2.05, 4.69) is 43.2 Å². The molecular formula is C18H35IN4O3. The van der Waals surface area contributed by atoms with Gasteiger partial charge in [-0.2, -0.15) is 0 Å². The highest BCUT2D eigenvalue weighted by Crippen LogP contribution is 2.42. The molecule has 1 aliphatic heterocycles. The first-order valence-electron chi connectivity index (χ1n) is 9.28. The number of carbonyl (C=O) groups excluding carboxylic acids is 2. The lowest BCUT2D eigenvalue weighted by Gasteiger charge is -2.54. The van der Waals surface area contributed by atoms with Gasteiger partial charge in [-0.05, 0) is 59.9 Å². The van der Waals surface area contributed by atoms with E-state index in [1.807, 2.05) is 28.3 Å². The number of nitrogens with zero attached hydrogens (tertiary/aromatic N) is 1. The number of likely N-dealkylation sites (tertiary alicyclic amines) is 1. The molecule has 152 valence electrons. The number of hydrogen-bond donors (Lipinski definition) is 3. The quantitative estimate of drug-likeness (QED) is 0.162. The van der Waals surface area contributed by atoms with Crippen molar-refractivity contribution in [2.75, 3.05) is 13.7 Å². The number of hydrazine groups is 1. The lowest BCUT2D eigenvalue weighted by Crippen LogP contribution is -2.58. The van der Waals surface area contributed by atoms with E-state index in [1.165, 1.54) is 12.8 Å². The lowest BCUT2D eigenvalue weighted by molar-refractivity contribution is -0.120. The van der Waals surface area contributed by atoms with Gasteiger partial charge in [0.05, 0.1) is 29.5 Å². The maximum Gasteiger partial charge on any atom is 0.421 e. The third-order valence-electron chi connectivity index (χ3n) is 5.76. The minimum Gasteiger partial charge on any atom is -0.448 e. The summed E-state index contributed by atoms with van der Waals surface area (Å²) in [5.41, 5.74) is 2.33. The number of rotatable bonds is 8. The number of hydrogen-bond acceptors (Lipinski definition) is 5. The molecule has 1 saturated heterocycles. The average Bonchev–Trinajstić information content (AvgIpc) is 2.56. The molecule has 1 unspecified atom stereocenters. The second-order valence-corrected chi connectivity index (χ2v) is 9.26. The van der Waals surface area contributed by atoms with Gasteiger partial charge in [0.25, 0.3) is 0 Å². The van der Waals surface area contributed by atoms with Crippen LogP contribution in [0.15, 0.2) is 0 Å². The Kier molecular flexibility index (Phi) is 9.08. The normalized spacial score (nSPS) is 21.0. The van der Waals surface area contributed by atoms with Gasteiger partial charge < -0.3 is 4.74 Å². The summed E-state index contributed by atoms with van der Waals surface area (Å²) in [7, 11) is 2.22. The highest BCUT2D eigenvalue weighted by molar-refractivity contribution is 14.1. The molecule has 1 aliphatic rings. The van der Waals surface area contributed by atoms with Gasteiger partial charge in [0.15, 0.2) is 0 Å². The molecule has 0 aliphatic carbocycles. The van der Waals surface area contributed by atoms with Crippen molar-refractivity contribution in [2.45, 2.75) is 77.3 Å². The SMILES string of the molecule is CN1C(C)(C)CC(CCCC(COC(=O)NN)CC(=O)NI)CC1(C)C. The zero-order valence-electron chi connectivity index (χ0n) is 16.7. The predicted molar refractivity (Wildman–Crippen MR) is 111 cm³/mol. The van der Waals surface area contributed by atoms with Crippen LogP contribution in [0.3, 0.4) is 0 Å². The summed E-state index contributed by atoms with van der Waals surface area (Å²) in [6, 6.07) is 0.